The van der Waals surface area contributed by atoms with E-state index >= 15 is 0 Å². The molecule has 7 heteroatoms. The first kappa shape index (κ1) is 23.2. The topological polar surface area (TPSA) is 62.1 Å². The number of hydrogen-bond donors (Lipinski definition) is 1. The Hall–Kier alpha value is -3.55. The lowest BCUT2D eigenvalue weighted by Gasteiger charge is -2.34. The second-order valence-electron chi connectivity index (χ2n) is 9.19. The molecule has 1 saturated heterocycles. The number of anilines is 2. The fraction of sp³-hybridized carbons (Fsp3) is 0.321. The van der Waals surface area contributed by atoms with Crippen molar-refractivity contribution in [3.63, 3.8) is 0 Å². The van der Waals surface area contributed by atoms with Gasteiger partial charge in [-0.3, -0.25) is 9.58 Å². The van der Waals surface area contributed by atoms with E-state index in [2.05, 4.69) is 87.6 Å². The van der Waals surface area contributed by atoms with Crippen LogP contribution in [0.1, 0.15) is 18.1 Å². The average molecular weight is 468 g/mol. The monoisotopic (exact) mass is 467 g/mol. The molecule has 1 aliphatic rings. The molecule has 5 rings (SSSR count). The number of aromatic nitrogens is 4. The van der Waals surface area contributed by atoms with Crippen molar-refractivity contribution in [2.45, 2.75) is 20.4 Å². The molecule has 0 aliphatic carbocycles. The number of aryl methyl sites for hydroxylation is 2. The number of likely N-dealkylation sites (N-methyl/N-ethyl adjacent to an activating group) is 1. The van der Waals surface area contributed by atoms with Crippen LogP contribution in [0.5, 0.6) is 0 Å². The van der Waals surface area contributed by atoms with E-state index in [0.717, 1.165) is 67.5 Å². The third kappa shape index (κ3) is 5.42. The van der Waals surface area contributed by atoms with Crippen LogP contribution in [0.2, 0.25) is 0 Å². The van der Waals surface area contributed by atoms with Gasteiger partial charge in [-0.1, -0.05) is 48.9 Å². The van der Waals surface area contributed by atoms with E-state index < -0.39 is 0 Å². The van der Waals surface area contributed by atoms with Crippen LogP contribution in [0.4, 0.5) is 11.6 Å². The first-order valence-electron chi connectivity index (χ1n) is 12.3. The molecule has 0 spiro atoms. The summed E-state index contributed by atoms with van der Waals surface area (Å²) in [5.74, 6) is 0.574. The van der Waals surface area contributed by atoms with Gasteiger partial charge in [0.15, 0.2) is 0 Å². The Kier molecular flexibility index (Phi) is 6.88. The molecule has 4 aromatic rings. The number of nitrogens with zero attached hydrogens (tertiary/aromatic N) is 6. The molecule has 180 valence electrons. The van der Waals surface area contributed by atoms with E-state index in [4.69, 9.17) is 4.98 Å². The SMILES string of the molecule is CCN1CCN(Cc2ccc(Nc3nccc(-c4cnn(C)c4-c4ccc(C)cc4)n3)cc2)CC1. The predicted octanol–water partition coefficient (Wildman–Crippen LogP) is 4.73. The second-order valence-corrected chi connectivity index (χ2v) is 9.19. The largest absolute Gasteiger partial charge is 0.324 e. The Morgan fingerprint density at radius 1 is 0.886 bits per heavy atom. The fourth-order valence-electron chi connectivity index (χ4n) is 4.59. The molecule has 2 aromatic heterocycles. The maximum absolute atomic E-state index is 4.80. The smallest absolute Gasteiger partial charge is 0.227 e. The number of hydrogen-bond acceptors (Lipinski definition) is 6. The summed E-state index contributed by atoms with van der Waals surface area (Å²) in [5, 5.41) is 7.86. The van der Waals surface area contributed by atoms with E-state index in [-0.39, 0.29) is 0 Å². The fourth-order valence-corrected chi connectivity index (χ4v) is 4.59. The summed E-state index contributed by atoms with van der Waals surface area (Å²) in [6.07, 6.45) is 3.66. The average Bonchev–Trinajstić information content (AvgIpc) is 3.28. The molecule has 0 saturated carbocycles. The van der Waals surface area contributed by atoms with E-state index in [0.29, 0.717) is 5.95 Å². The molecule has 0 amide bonds. The van der Waals surface area contributed by atoms with Crippen LogP contribution < -0.4 is 5.32 Å². The molecule has 1 aliphatic heterocycles. The molecule has 1 fully saturated rings. The quantitative estimate of drug-likeness (QED) is 0.424. The van der Waals surface area contributed by atoms with Gasteiger partial charge in [-0.05, 0) is 37.2 Å². The number of benzene rings is 2. The van der Waals surface area contributed by atoms with Crippen molar-refractivity contribution in [2.24, 2.45) is 7.05 Å². The van der Waals surface area contributed by atoms with Crippen LogP contribution in [-0.4, -0.2) is 62.3 Å². The van der Waals surface area contributed by atoms with Crippen molar-refractivity contribution >= 4 is 11.6 Å². The Labute approximate surface area is 207 Å². The van der Waals surface area contributed by atoms with E-state index in [9.17, 15) is 0 Å². The molecule has 7 nitrogen and oxygen atoms in total. The van der Waals surface area contributed by atoms with Gasteiger partial charge in [-0.25, -0.2) is 9.97 Å². The maximum Gasteiger partial charge on any atom is 0.227 e. The zero-order valence-corrected chi connectivity index (χ0v) is 20.8. The number of piperazine rings is 1. The highest BCUT2D eigenvalue weighted by atomic mass is 15.3. The minimum atomic E-state index is 0.574. The van der Waals surface area contributed by atoms with Crippen molar-refractivity contribution in [1.29, 1.82) is 0 Å². The van der Waals surface area contributed by atoms with Gasteiger partial charge in [0.05, 0.1) is 17.6 Å². The predicted molar refractivity (Wildman–Crippen MR) is 142 cm³/mol. The highest BCUT2D eigenvalue weighted by Crippen LogP contribution is 2.31. The van der Waals surface area contributed by atoms with Gasteiger partial charge in [0.2, 0.25) is 5.95 Å². The minimum Gasteiger partial charge on any atom is -0.324 e. The molecular weight excluding hydrogens is 434 g/mol. The van der Waals surface area contributed by atoms with Gasteiger partial charge < -0.3 is 10.2 Å². The van der Waals surface area contributed by atoms with Crippen molar-refractivity contribution < 1.29 is 0 Å². The van der Waals surface area contributed by atoms with Gasteiger partial charge >= 0.3 is 0 Å². The van der Waals surface area contributed by atoms with E-state index in [1.54, 1.807) is 6.20 Å². The molecule has 0 atom stereocenters. The van der Waals surface area contributed by atoms with Crippen LogP contribution in [-0.2, 0) is 13.6 Å². The Bertz CT molecular complexity index is 1250. The summed E-state index contributed by atoms with van der Waals surface area (Å²) in [4.78, 5) is 14.3. The summed E-state index contributed by atoms with van der Waals surface area (Å²) in [6, 6.07) is 19.0. The summed E-state index contributed by atoms with van der Waals surface area (Å²) in [7, 11) is 1.96. The van der Waals surface area contributed by atoms with Crippen molar-refractivity contribution in [3.8, 4) is 22.5 Å². The zero-order chi connectivity index (χ0) is 24.2. The van der Waals surface area contributed by atoms with E-state index in [1.807, 2.05) is 24.0 Å². The first-order valence-corrected chi connectivity index (χ1v) is 12.3. The Balaban J connectivity index is 1.29. The Morgan fingerprint density at radius 2 is 1.60 bits per heavy atom. The molecule has 3 heterocycles. The first-order chi connectivity index (χ1) is 17.1. The highest BCUT2D eigenvalue weighted by molar-refractivity contribution is 5.79. The highest BCUT2D eigenvalue weighted by Gasteiger charge is 2.16. The van der Waals surface area contributed by atoms with Crippen LogP contribution in [0.15, 0.2) is 67.0 Å². The summed E-state index contributed by atoms with van der Waals surface area (Å²) >= 11 is 0. The standard InChI is InChI=1S/C28H33N7/c1-4-34-15-17-35(18-16-34)20-22-7-11-24(12-8-22)31-28-29-14-13-26(32-28)25-19-30-33(3)27(25)23-9-5-21(2)6-10-23/h5-14,19H,4,15-18,20H2,1-3H3,(H,29,31,32). The maximum atomic E-state index is 4.80. The molecule has 0 radical (unpaired) electrons. The third-order valence-corrected chi connectivity index (χ3v) is 6.72. The van der Waals surface area contributed by atoms with Crippen LogP contribution in [0, 0.1) is 6.92 Å². The molecule has 35 heavy (non-hydrogen) atoms. The molecule has 2 aromatic carbocycles. The zero-order valence-electron chi connectivity index (χ0n) is 20.8. The molecule has 0 unspecified atom stereocenters. The van der Waals surface area contributed by atoms with Gasteiger partial charge in [0, 0.05) is 62.8 Å². The van der Waals surface area contributed by atoms with Crippen LogP contribution in [0.3, 0.4) is 0 Å². The number of rotatable bonds is 7. The molecule has 1 N–H and O–H groups in total. The lowest BCUT2D eigenvalue weighted by Crippen LogP contribution is -2.45. The minimum absolute atomic E-state index is 0.574. The lowest BCUT2D eigenvalue weighted by atomic mass is 10.0. The second kappa shape index (κ2) is 10.4. The molecule has 0 bridgehead atoms. The Morgan fingerprint density at radius 3 is 2.31 bits per heavy atom. The van der Waals surface area contributed by atoms with E-state index in [1.165, 1.54) is 11.1 Å². The molecular formula is C28H33N7. The van der Waals surface area contributed by atoms with Crippen LogP contribution >= 0.6 is 0 Å². The summed E-state index contributed by atoms with van der Waals surface area (Å²) < 4.78 is 1.90. The van der Waals surface area contributed by atoms with Gasteiger partial charge in [0.1, 0.15) is 0 Å². The van der Waals surface area contributed by atoms with Gasteiger partial charge in [0.25, 0.3) is 0 Å². The third-order valence-electron chi connectivity index (χ3n) is 6.72. The van der Waals surface area contributed by atoms with Crippen molar-refractivity contribution in [3.05, 3.63) is 78.1 Å². The summed E-state index contributed by atoms with van der Waals surface area (Å²) in [5.41, 5.74) is 7.52. The number of nitrogens with one attached hydrogen (secondary N) is 1. The van der Waals surface area contributed by atoms with Crippen molar-refractivity contribution in [2.75, 3.05) is 38.0 Å². The van der Waals surface area contributed by atoms with Crippen molar-refractivity contribution in [1.82, 2.24) is 29.5 Å². The normalized spacial score (nSPS) is 14.8. The van der Waals surface area contributed by atoms with Crippen LogP contribution in [0.25, 0.3) is 22.5 Å². The van der Waals surface area contributed by atoms with Gasteiger partial charge in [-0.2, -0.15) is 5.10 Å². The summed E-state index contributed by atoms with van der Waals surface area (Å²) in [6.45, 7) is 11.1. The van der Waals surface area contributed by atoms with Gasteiger partial charge in [-0.15, -0.1) is 0 Å². The lowest BCUT2D eigenvalue weighted by molar-refractivity contribution is 0.132.